The smallest absolute Gasteiger partial charge is 0.242 e. The molecule has 5 rings (SSSR count). The van der Waals surface area contributed by atoms with Gasteiger partial charge in [0.05, 0.1) is 17.1 Å². The fourth-order valence-corrected chi connectivity index (χ4v) is 4.89. The fraction of sp³-hybridized carbons (Fsp3) is 0.310. The van der Waals surface area contributed by atoms with E-state index in [1.165, 1.54) is 0 Å². The first-order valence-electron chi connectivity index (χ1n) is 12.2. The first-order valence-corrected chi connectivity index (χ1v) is 12.2. The molecular weight excluding hydrogens is 438 g/mol. The average Bonchev–Trinajstić information content (AvgIpc) is 3.39. The zero-order valence-corrected chi connectivity index (χ0v) is 20.3. The van der Waals surface area contributed by atoms with E-state index in [0.717, 1.165) is 41.7 Å². The molecule has 1 amide bonds. The summed E-state index contributed by atoms with van der Waals surface area (Å²) in [5, 5.41) is 1.26. The van der Waals surface area contributed by atoms with E-state index in [1.807, 2.05) is 72.1 Å². The lowest BCUT2D eigenvalue weighted by Gasteiger charge is -2.27. The van der Waals surface area contributed by atoms with Crippen LogP contribution in [-0.4, -0.2) is 48.7 Å². The van der Waals surface area contributed by atoms with Crippen LogP contribution in [-0.2, 0) is 22.6 Å². The van der Waals surface area contributed by atoms with Crippen LogP contribution in [0, 0.1) is 0 Å². The Balaban J connectivity index is 1.50. The maximum absolute atomic E-state index is 13.8. The van der Waals surface area contributed by atoms with Gasteiger partial charge in [0.25, 0.3) is 0 Å². The van der Waals surface area contributed by atoms with Crippen LogP contribution in [0.2, 0.25) is 0 Å². The third-order valence-electron chi connectivity index (χ3n) is 6.80. The molecule has 1 aliphatic heterocycles. The van der Waals surface area contributed by atoms with Crippen molar-refractivity contribution in [2.24, 2.45) is 0 Å². The van der Waals surface area contributed by atoms with Gasteiger partial charge in [0.2, 0.25) is 5.91 Å². The van der Waals surface area contributed by atoms with E-state index in [9.17, 15) is 9.59 Å². The second-order valence-electron chi connectivity index (χ2n) is 9.42. The van der Waals surface area contributed by atoms with Gasteiger partial charge in [0.1, 0.15) is 6.54 Å². The van der Waals surface area contributed by atoms with Crippen LogP contribution in [0.4, 0.5) is 5.69 Å². The zero-order valence-electron chi connectivity index (χ0n) is 20.3. The number of carbonyl (C=O) groups excluding carboxylic acids is 1. The Labute approximate surface area is 205 Å². The molecule has 1 saturated heterocycles. The molecule has 0 radical (unpaired) electrons. The van der Waals surface area contributed by atoms with Crippen molar-refractivity contribution in [2.75, 3.05) is 32.1 Å². The number of aromatic nitrogens is 1. The van der Waals surface area contributed by atoms with Gasteiger partial charge >= 0.3 is 0 Å². The van der Waals surface area contributed by atoms with Gasteiger partial charge in [-0.25, -0.2) is 0 Å². The van der Waals surface area contributed by atoms with E-state index < -0.39 is 0 Å². The van der Waals surface area contributed by atoms with E-state index >= 15 is 0 Å². The molecule has 4 aromatic rings. The summed E-state index contributed by atoms with van der Waals surface area (Å²) in [5.74, 6) is 0.0103. The van der Waals surface area contributed by atoms with Crippen LogP contribution in [0.3, 0.4) is 0 Å². The van der Waals surface area contributed by atoms with Crippen LogP contribution in [0.15, 0.2) is 77.6 Å². The quantitative estimate of drug-likeness (QED) is 0.376. The second-order valence-corrected chi connectivity index (χ2v) is 9.42. The molecule has 6 nitrogen and oxygen atoms in total. The minimum absolute atomic E-state index is 0.00269. The molecule has 6 heteroatoms. The minimum Gasteiger partial charge on any atom is -0.378 e. The molecule has 1 fully saturated rings. The lowest BCUT2D eigenvalue weighted by atomic mass is 10.1. The number of pyridine rings is 1. The van der Waals surface area contributed by atoms with Crippen LogP contribution in [0.25, 0.3) is 21.8 Å². The number of fused-ring (bicyclic) bond motifs is 2. The molecule has 1 aromatic heterocycles. The second kappa shape index (κ2) is 9.92. The Morgan fingerprint density at radius 1 is 0.943 bits per heavy atom. The molecule has 0 bridgehead atoms. The molecule has 180 valence electrons. The van der Waals surface area contributed by atoms with Gasteiger partial charge < -0.3 is 19.1 Å². The summed E-state index contributed by atoms with van der Waals surface area (Å²) < 4.78 is 7.86. The number of benzene rings is 3. The summed E-state index contributed by atoms with van der Waals surface area (Å²) in [6.45, 7) is 1.98. The topological polar surface area (TPSA) is 54.8 Å². The number of hydrogen-bond acceptors (Lipinski definition) is 4. The summed E-state index contributed by atoms with van der Waals surface area (Å²) >= 11 is 0. The number of para-hydroxylation sites is 2. The minimum atomic E-state index is -0.00269. The first kappa shape index (κ1) is 23.1. The molecule has 0 N–H and O–H groups in total. The standard InChI is InChI=1S/C29H31N3O3/c1-30(2)22-15-13-21(14-16-22)18-31(19-23-8-7-17-35-23)28(33)20-32-26-11-5-3-9-24(26)29(34)25-10-4-6-12-27(25)32/h3-6,9-16,23H,7-8,17-20H2,1-2H3. The van der Waals surface area contributed by atoms with Crippen molar-refractivity contribution in [3.63, 3.8) is 0 Å². The Morgan fingerprint density at radius 3 is 2.14 bits per heavy atom. The molecule has 1 atom stereocenters. The Hall–Kier alpha value is -3.64. The highest BCUT2D eigenvalue weighted by atomic mass is 16.5. The monoisotopic (exact) mass is 469 g/mol. The molecule has 3 aromatic carbocycles. The summed E-state index contributed by atoms with van der Waals surface area (Å²) in [5.41, 5.74) is 3.75. The third-order valence-corrected chi connectivity index (χ3v) is 6.80. The summed E-state index contributed by atoms with van der Waals surface area (Å²) in [7, 11) is 4.03. The van der Waals surface area contributed by atoms with Crippen molar-refractivity contribution in [3.05, 3.63) is 88.6 Å². The molecule has 1 aliphatic rings. The van der Waals surface area contributed by atoms with E-state index in [1.54, 1.807) is 0 Å². The number of nitrogens with zero attached hydrogens (tertiary/aromatic N) is 3. The van der Waals surface area contributed by atoms with Crippen LogP contribution in [0.1, 0.15) is 18.4 Å². The first-order chi connectivity index (χ1) is 17.0. The van der Waals surface area contributed by atoms with Gasteiger partial charge in [-0.1, -0.05) is 36.4 Å². The lowest BCUT2D eigenvalue weighted by molar-refractivity contribution is -0.134. The maximum atomic E-state index is 13.8. The van der Waals surface area contributed by atoms with Gasteiger partial charge in [-0.2, -0.15) is 0 Å². The van der Waals surface area contributed by atoms with E-state index in [-0.39, 0.29) is 24.0 Å². The van der Waals surface area contributed by atoms with Crippen LogP contribution >= 0.6 is 0 Å². The maximum Gasteiger partial charge on any atom is 0.242 e. The number of carbonyl (C=O) groups is 1. The molecule has 35 heavy (non-hydrogen) atoms. The zero-order chi connectivity index (χ0) is 24.4. The highest BCUT2D eigenvalue weighted by Crippen LogP contribution is 2.21. The van der Waals surface area contributed by atoms with Crippen molar-refractivity contribution in [2.45, 2.75) is 32.0 Å². The number of amides is 1. The molecular formula is C29H31N3O3. The highest BCUT2D eigenvalue weighted by Gasteiger charge is 2.24. The predicted molar refractivity (Wildman–Crippen MR) is 141 cm³/mol. The molecule has 1 unspecified atom stereocenters. The van der Waals surface area contributed by atoms with Gasteiger partial charge in [-0.3, -0.25) is 9.59 Å². The number of rotatable bonds is 7. The number of anilines is 1. The lowest BCUT2D eigenvalue weighted by Crippen LogP contribution is -2.39. The Bertz CT molecular complexity index is 1340. The highest BCUT2D eigenvalue weighted by molar-refractivity contribution is 5.94. The number of ether oxygens (including phenoxy) is 1. The van der Waals surface area contributed by atoms with Crippen molar-refractivity contribution < 1.29 is 9.53 Å². The van der Waals surface area contributed by atoms with Gasteiger partial charge in [-0.05, 0) is 54.8 Å². The Kier molecular flexibility index (Phi) is 6.55. The summed E-state index contributed by atoms with van der Waals surface area (Å²) in [4.78, 5) is 30.9. The summed E-state index contributed by atoms with van der Waals surface area (Å²) in [6.07, 6.45) is 2.05. The average molecular weight is 470 g/mol. The third kappa shape index (κ3) is 4.80. The van der Waals surface area contributed by atoms with Gasteiger partial charge in [0.15, 0.2) is 5.43 Å². The van der Waals surface area contributed by atoms with Crippen molar-refractivity contribution in [3.8, 4) is 0 Å². The van der Waals surface area contributed by atoms with Crippen molar-refractivity contribution in [1.82, 2.24) is 9.47 Å². The van der Waals surface area contributed by atoms with Crippen molar-refractivity contribution in [1.29, 1.82) is 0 Å². The SMILES string of the molecule is CN(C)c1ccc(CN(CC2CCCO2)C(=O)Cn2c3ccccc3c(=O)c3ccccc32)cc1. The fourth-order valence-electron chi connectivity index (χ4n) is 4.89. The molecule has 2 heterocycles. The summed E-state index contributed by atoms with van der Waals surface area (Å²) in [6, 6.07) is 23.4. The number of hydrogen-bond donors (Lipinski definition) is 0. The Morgan fingerprint density at radius 2 is 1.57 bits per heavy atom. The normalized spacial score (nSPS) is 15.5. The van der Waals surface area contributed by atoms with Crippen LogP contribution < -0.4 is 10.3 Å². The van der Waals surface area contributed by atoms with Crippen LogP contribution in [0.5, 0.6) is 0 Å². The van der Waals surface area contributed by atoms with E-state index in [4.69, 9.17) is 4.74 Å². The predicted octanol–water partition coefficient (Wildman–Crippen LogP) is 4.43. The van der Waals surface area contributed by atoms with E-state index in [2.05, 4.69) is 29.2 Å². The molecule has 0 aliphatic carbocycles. The molecule has 0 saturated carbocycles. The largest absolute Gasteiger partial charge is 0.378 e. The van der Waals surface area contributed by atoms with Crippen molar-refractivity contribution >= 4 is 33.4 Å². The molecule has 0 spiro atoms. The van der Waals surface area contributed by atoms with Gasteiger partial charge in [0, 0.05) is 50.3 Å². The van der Waals surface area contributed by atoms with Gasteiger partial charge in [-0.15, -0.1) is 0 Å². The van der Waals surface area contributed by atoms with E-state index in [0.29, 0.717) is 23.9 Å².